The van der Waals surface area contributed by atoms with Crippen LogP contribution in [-0.2, 0) is 9.59 Å². The molecule has 0 spiro atoms. The number of likely N-dealkylation sites (tertiary alicyclic amines) is 1. The first-order valence-electron chi connectivity index (χ1n) is 13.1. The molecule has 0 unspecified atom stereocenters. The van der Waals surface area contributed by atoms with E-state index < -0.39 is 12.2 Å². The number of halogens is 1. The lowest BCUT2D eigenvalue weighted by molar-refractivity contribution is -0.117. The number of H-pyrrole nitrogens is 1. The Bertz CT molecular complexity index is 1410. The summed E-state index contributed by atoms with van der Waals surface area (Å²) < 4.78 is 13.5. The molecule has 200 valence electrons. The molecule has 3 heterocycles. The number of alkyl halides is 1. The number of carbonyl (C=O) groups is 2. The highest BCUT2D eigenvalue weighted by molar-refractivity contribution is 5.98. The number of amides is 2. The average molecular weight is 528 g/mol. The number of anilines is 2. The number of aromatic nitrogens is 3. The number of nitrogens with one attached hydrogen (secondary N) is 3. The predicted molar refractivity (Wildman–Crippen MR) is 146 cm³/mol. The molecule has 2 fully saturated rings. The molecule has 1 aromatic carbocycles. The zero-order valence-electron chi connectivity index (χ0n) is 21.6. The van der Waals surface area contributed by atoms with Crippen LogP contribution in [0.5, 0.6) is 0 Å². The molecular formula is C29H30FN7O2. The summed E-state index contributed by atoms with van der Waals surface area (Å²) in [6, 6.07) is 14.8. The predicted octanol–water partition coefficient (Wildman–Crippen LogP) is 4.52. The molecule has 0 radical (unpaired) electrons. The number of hydrogen-bond donors (Lipinski definition) is 3. The minimum absolute atomic E-state index is 0.136. The van der Waals surface area contributed by atoms with Crippen LogP contribution in [-0.4, -0.2) is 57.2 Å². The molecular weight excluding hydrogens is 497 g/mol. The number of benzene rings is 1. The Labute approximate surface area is 226 Å². The maximum absolute atomic E-state index is 13.5. The molecule has 5 rings (SSSR count). The van der Waals surface area contributed by atoms with E-state index in [1.807, 2.05) is 43.3 Å². The molecule has 2 amide bonds. The van der Waals surface area contributed by atoms with E-state index in [1.165, 1.54) is 6.08 Å². The lowest BCUT2D eigenvalue weighted by atomic mass is 9.96. The Morgan fingerprint density at radius 1 is 1.21 bits per heavy atom. The summed E-state index contributed by atoms with van der Waals surface area (Å²) in [5.41, 5.74) is 3.67. The Hall–Kier alpha value is -4.36. The molecule has 1 saturated carbocycles. The largest absolute Gasteiger partial charge is 0.309 e. The van der Waals surface area contributed by atoms with Crippen LogP contribution in [0.15, 0.2) is 60.8 Å². The zero-order valence-corrected chi connectivity index (χ0v) is 21.6. The number of aromatic amines is 1. The lowest BCUT2D eigenvalue weighted by Crippen LogP contribution is -2.28. The van der Waals surface area contributed by atoms with Gasteiger partial charge in [-0.1, -0.05) is 30.3 Å². The average Bonchev–Trinajstić information content (AvgIpc) is 3.58. The first-order valence-corrected chi connectivity index (χ1v) is 13.1. The highest BCUT2D eigenvalue weighted by Gasteiger charge is 2.31. The summed E-state index contributed by atoms with van der Waals surface area (Å²) in [7, 11) is 0. The summed E-state index contributed by atoms with van der Waals surface area (Å²) in [6.07, 6.45) is 6.15. The van der Waals surface area contributed by atoms with Crippen LogP contribution in [0.2, 0.25) is 0 Å². The number of pyridine rings is 1. The maximum Gasteiger partial charge on any atom is 0.249 e. The molecule has 0 bridgehead atoms. The third kappa shape index (κ3) is 6.56. The van der Waals surface area contributed by atoms with Gasteiger partial charge in [-0.2, -0.15) is 10.4 Å². The molecule has 3 N–H and O–H groups in total. The molecule has 3 atom stereocenters. The van der Waals surface area contributed by atoms with Gasteiger partial charge in [0.05, 0.1) is 12.0 Å². The van der Waals surface area contributed by atoms with Gasteiger partial charge in [0.2, 0.25) is 11.8 Å². The second-order valence-electron chi connectivity index (χ2n) is 10.1. The number of hydrogen-bond acceptors (Lipinski definition) is 6. The van der Waals surface area contributed by atoms with Crippen molar-refractivity contribution >= 4 is 23.5 Å². The van der Waals surface area contributed by atoms with Crippen molar-refractivity contribution in [1.29, 1.82) is 5.26 Å². The molecule has 9 nitrogen and oxygen atoms in total. The molecule has 1 aliphatic heterocycles. The first kappa shape index (κ1) is 26.3. The van der Waals surface area contributed by atoms with Crippen LogP contribution in [0, 0.1) is 11.3 Å². The van der Waals surface area contributed by atoms with Gasteiger partial charge in [0.1, 0.15) is 18.0 Å². The van der Waals surface area contributed by atoms with Crippen LogP contribution in [0.4, 0.5) is 16.0 Å². The highest BCUT2D eigenvalue weighted by atomic mass is 19.1. The fourth-order valence-electron chi connectivity index (χ4n) is 4.66. The fourth-order valence-corrected chi connectivity index (χ4v) is 4.66. The van der Waals surface area contributed by atoms with E-state index in [9.17, 15) is 14.0 Å². The third-order valence-corrected chi connectivity index (χ3v) is 7.10. The number of carbonyl (C=O) groups excluding carboxylic acids is 2. The summed E-state index contributed by atoms with van der Waals surface area (Å²) in [5, 5.41) is 21.9. The van der Waals surface area contributed by atoms with Gasteiger partial charge in [-0.05, 0) is 43.0 Å². The molecule has 39 heavy (non-hydrogen) atoms. The Morgan fingerprint density at radius 2 is 2.05 bits per heavy atom. The minimum Gasteiger partial charge on any atom is -0.309 e. The number of nitriles is 1. The van der Waals surface area contributed by atoms with Gasteiger partial charge in [0.15, 0.2) is 5.82 Å². The Morgan fingerprint density at radius 3 is 2.79 bits per heavy atom. The van der Waals surface area contributed by atoms with Crippen molar-refractivity contribution in [2.75, 3.05) is 23.7 Å². The van der Waals surface area contributed by atoms with E-state index in [0.717, 1.165) is 35.2 Å². The van der Waals surface area contributed by atoms with Crippen molar-refractivity contribution in [3.63, 3.8) is 0 Å². The summed E-state index contributed by atoms with van der Waals surface area (Å²) in [6.45, 7) is 2.38. The quantitative estimate of drug-likeness (QED) is 0.351. The second kappa shape index (κ2) is 11.6. The van der Waals surface area contributed by atoms with Crippen LogP contribution in [0.25, 0.3) is 11.1 Å². The smallest absolute Gasteiger partial charge is 0.249 e. The van der Waals surface area contributed by atoms with E-state index in [1.54, 1.807) is 23.2 Å². The Balaban J connectivity index is 1.16. The van der Waals surface area contributed by atoms with Gasteiger partial charge in [-0.25, -0.2) is 9.37 Å². The molecule has 1 aliphatic carbocycles. The van der Waals surface area contributed by atoms with E-state index in [4.69, 9.17) is 5.26 Å². The minimum atomic E-state index is -1.01. The van der Waals surface area contributed by atoms with Gasteiger partial charge in [0.25, 0.3) is 0 Å². The maximum atomic E-state index is 13.5. The molecule has 2 aliphatic rings. The lowest BCUT2D eigenvalue weighted by Gasteiger charge is -2.15. The van der Waals surface area contributed by atoms with Crippen molar-refractivity contribution < 1.29 is 14.0 Å². The topological polar surface area (TPSA) is 127 Å². The van der Waals surface area contributed by atoms with Crippen molar-refractivity contribution in [2.24, 2.45) is 0 Å². The van der Waals surface area contributed by atoms with E-state index >= 15 is 0 Å². The van der Waals surface area contributed by atoms with Gasteiger partial charge in [-0.15, -0.1) is 0 Å². The zero-order chi connectivity index (χ0) is 27.4. The number of nitrogens with zero attached hydrogens (tertiary/aromatic N) is 4. The Kier molecular flexibility index (Phi) is 7.79. The standard InChI is InChI=1S/C29H30FN7O2/c1-18(29(39)34-27-14-25(35-36-27)19-7-8-19)20-4-2-5-21(12-20)22-9-10-26(32-16-22)33-28(38)6-3-11-37-17-23(30)13-24(37)15-31/h2-6,9-10,12,14,16,18-19,23-24H,7-8,11,13,17H2,1H3,(H,32,33,38)(H2,34,35,36,39)/t18-,23-,24-/m0/s1. The van der Waals surface area contributed by atoms with E-state index in [-0.39, 0.29) is 30.7 Å². The second-order valence-corrected chi connectivity index (χ2v) is 10.1. The summed E-state index contributed by atoms with van der Waals surface area (Å²) in [5.74, 6) is 0.584. The van der Waals surface area contributed by atoms with Gasteiger partial charge >= 0.3 is 0 Å². The van der Waals surface area contributed by atoms with Gasteiger partial charge < -0.3 is 10.6 Å². The summed E-state index contributed by atoms with van der Waals surface area (Å²) >= 11 is 0. The van der Waals surface area contributed by atoms with Crippen LogP contribution in [0.3, 0.4) is 0 Å². The van der Waals surface area contributed by atoms with E-state index in [2.05, 4.69) is 31.9 Å². The van der Waals surface area contributed by atoms with Crippen molar-refractivity contribution in [1.82, 2.24) is 20.1 Å². The van der Waals surface area contributed by atoms with Gasteiger partial charge in [0, 0.05) is 55.0 Å². The molecule has 10 heteroatoms. The van der Waals surface area contributed by atoms with Crippen LogP contribution < -0.4 is 10.6 Å². The molecule has 3 aromatic rings. The molecule has 1 saturated heterocycles. The van der Waals surface area contributed by atoms with Crippen molar-refractivity contribution in [3.8, 4) is 17.2 Å². The van der Waals surface area contributed by atoms with Crippen LogP contribution >= 0.6 is 0 Å². The van der Waals surface area contributed by atoms with Crippen LogP contribution in [0.1, 0.15) is 49.3 Å². The highest BCUT2D eigenvalue weighted by Crippen LogP contribution is 2.39. The van der Waals surface area contributed by atoms with E-state index in [0.29, 0.717) is 24.1 Å². The molecule has 2 aromatic heterocycles. The van der Waals surface area contributed by atoms with Gasteiger partial charge in [-0.3, -0.25) is 19.6 Å². The normalized spacial score (nSPS) is 20.0. The van der Waals surface area contributed by atoms with Crippen molar-refractivity contribution in [3.05, 3.63) is 72.1 Å². The number of rotatable bonds is 9. The van der Waals surface area contributed by atoms with Crippen molar-refractivity contribution in [2.45, 2.75) is 50.2 Å². The SMILES string of the molecule is C[C@H](C(=O)Nc1cc(C2CC2)[nH]n1)c1cccc(-c2ccc(NC(=O)C=CCN3C[C@@H](F)C[C@H]3C#N)nc2)c1. The summed E-state index contributed by atoms with van der Waals surface area (Å²) in [4.78, 5) is 31.2. The fraction of sp³-hybridized carbons (Fsp3) is 0.345. The first-order chi connectivity index (χ1) is 18.9. The third-order valence-electron chi connectivity index (χ3n) is 7.10. The monoisotopic (exact) mass is 527 g/mol.